The van der Waals surface area contributed by atoms with Crippen LogP contribution < -0.4 is 10.0 Å². The van der Waals surface area contributed by atoms with Gasteiger partial charge < -0.3 is 5.32 Å². The minimum Gasteiger partial charge on any atom is -0.378 e. The lowest BCUT2D eigenvalue weighted by molar-refractivity contribution is 0.425. The summed E-state index contributed by atoms with van der Waals surface area (Å²) >= 11 is 18.6. The lowest BCUT2D eigenvalue weighted by Gasteiger charge is -2.38. The van der Waals surface area contributed by atoms with E-state index in [1.165, 1.54) is 0 Å². The number of hydrogen-bond acceptors (Lipinski definition) is 3. The zero-order chi connectivity index (χ0) is 22.5. The number of nitrogens with one attached hydrogen (secondary N) is 2. The van der Waals surface area contributed by atoms with Crippen LogP contribution in [-0.4, -0.2) is 8.42 Å². The van der Waals surface area contributed by atoms with Crippen molar-refractivity contribution >= 4 is 56.2 Å². The Labute approximate surface area is 202 Å². The van der Waals surface area contributed by atoms with Crippen LogP contribution in [0.15, 0.2) is 77.7 Å². The largest absolute Gasteiger partial charge is 0.378 e. The van der Waals surface area contributed by atoms with Crippen LogP contribution in [0.25, 0.3) is 0 Å². The fourth-order valence-electron chi connectivity index (χ4n) is 4.57. The predicted octanol–water partition coefficient (Wildman–Crippen LogP) is 7.27. The zero-order valence-corrected chi connectivity index (χ0v) is 19.8. The summed E-state index contributed by atoms with van der Waals surface area (Å²) in [7, 11) is -3.77. The molecule has 0 unspecified atom stereocenters. The van der Waals surface area contributed by atoms with Crippen LogP contribution in [0.1, 0.15) is 29.5 Å². The van der Waals surface area contributed by atoms with Crippen molar-refractivity contribution in [1.82, 2.24) is 0 Å². The third-order valence-electron chi connectivity index (χ3n) is 6.02. The Hall–Kier alpha value is -2.18. The van der Waals surface area contributed by atoms with E-state index in [2.05, 4.69) is 22.2 Å². The van der Waals surface area contributed by atoms with Gasteiger partial charge in [0.05, 0.1) is 16.6 Å². The van der Waals surface area contributed by atoms with Gasteiger partial charge in [-0.15, -0.1) is 0 Å². The molecular weight excluding hydrogens is 487 g/mol. The lowest BCUT2D eigenvalue weighted by atomic mass is 9.77. The molecule has 1 aliphatic carbocycles. The van der Waals surface area contributed by atoms with Gasteiger partial charge in [0.1, 0.15) is 0 Å². The summed E-state index contributed by atoms with van der Waals surface area (Å²) in [6.07, 6.45) is 5.18. The van der Waals surface area contributed by atoms with Crippen LogP contribution in [0.2, 0.25) is 15.1 Å². The second-order valence-corrected chi connectivity index (χ2v) is 11.0. The smallest absolute Gasteiger partial charge is 0.261 e. The first-order chi connectivity index (χ1) is 15.3. The minimum atomic E-state index is -3.77. The number of sulfonamides is 1. The van der Waals surface area contributed by atoms with Crippen molar-refractivity contribution in [3.05, 3.63) is 99.0 Å². The highest BCUT2D eigenvalue weighted by Crippen LogP contribution is 2.51. The van der Waals surface area contributed by atoms with E-state index in [0.717, 1.165) is 23.2 Å². The monoisotopic (exact) mass is 504 g/mol. The topological polar surface area (TPSA) is 58.2 Å². The average molecular weight is 506 g/mol. The summed E-state index contributed by atoms with van der Waals surface area (Å²) in [4.78, 5) is 0.208. The van der Waals surface area contributed by atoms with Gasteiger partial charge in [-0.3, -0.25) is 4.72 Å². The van der Waals surface area contributed by atoms with Gasteiger partial charge in [-0.1, -0.05) is 59.1 Å². The van der Waals surface area contributed by atoms with Crippen LogP contribution >= 0.6 is 34.8 Å². The maximum Gasteiger partial charge on any atom is 0.261 e. The maximum atomic E-state index is 13.0. The molecule has 0 amide bonds. The van der Waals surface area contributed by atoms with Gasteiger partial charge in [0.25, 0.3) is 10.0 Å². The second-order valence-electron chi connectivity index (χ2n) is 8.01. The van der Waals surface area contributed by atoms with Crippen molar-refractivity contribution in [2.75, 3.05) is 10.0 Å². The summed E-state index contributed by atoms with van der Waals surface area (Å²) in [5, 5.41) is 5.26. The number of anilines is 2. The third-order valence-corrected chi connectivity index (χ3v) is 8.20. The Morgan fingerprint density at radius 3 is 2.50 bits per heavy atom. The molecule has 1 aliphatic heterocycles. The number of rotatable bonds is 4. The number of fused-ring (bicyclic) bond motifs is 3. The van der Waals surface area contributed by atoms with Gasteiger partial charge in [0.15, 0.2) is 0 Å². The van der Waals surface area contributed by atoms with Gasteiger partial charge >= 0.3 is 0 Å². The summed E-state index contributed by atoms with van der Waals surface area (Å²) in [6.45, 7) is 0. The molecule has 164 valence electrons. The number of halogens is 3. The highest BCUT2D eigenvalue weighted by molar-refractivity contribution is 7.92. The third kappa shape index (κ3) is 3.99. The van der Waals surface area contributed by atoms with E-state index >= 15 is 0 Å². The van der Waals surface area contributed by atoms with Gasteiger partial charge in [-0.05, 0) is 72.0 Å². The zero-order valence-electron chi connectivity index (χ0n) is 16.7. The van der Waals surface area contributed by atoms with Gasteiger partial charge in [-0.25, -0.2) is 8.42 Å². The van der Waals surface area contributed by atoms with E-state index in [0.29, 0.717) is 20.8 Å². The second kappa shape index (κ2) is 8.31. The van der Waals surface area contributed by atoms with Gasteiger partial charge in [0, 0.05) is 26.7 Å². The Morgan fingerprint density at radius 2 is 1.72 bits per heavy atom. The molecule has 5 rings (SSSR count). The Balaban J connectivity index is 1.50. The SMILES string of the molecule is O=S(=O)(Nc1cccc(Cl)c1)c1ccc2c(c1)[C@H]1C=CC[C@H]1[C@@H](c1ccc(Cl)cc1Cl)N2. The fraction of sp³-hybridized carbons (Fsp3) is 0.167. The molecule has 3 atom stereocenters. The Kier molecular flexibility index (Phi) is 5.62. The highest BCUT2D eigenvalue weighted by Gasteiger charge is 2.39. The van der Waals surface area contributed by atoms with Gasteiger partial charge in [-0.2, -0.15) is 0 Å². The van der Waals surface area contributed by atoms with Crippen molar-refractivity contribution in [2.45, 2.75) is 23.3 Å². The van der Waals surface area contributed by atoms with Crippen LogP contribution in [-0.2, 0) is 10.0 Å². The number of hydrogen-bond donors (Lipinski definition) is 2. The normalized spacial score (nSPS) is 21.5. The molecule has 1 heterocycles. The molecule has 0 aromatic heterocycles. The molecule has 0 bridgehead atoms. The van der Waals surface area contributed by atoms with Crippen molar-refractivity contribution < 1.29 is 8.42 Å². The van der Waals surface area contributed by atoms with E-state index in [9.17, 15) is 8.42 Å². The molecule has 4 nitrogen and oxygen atoms in total. The molecule has 8 heteroatoms. The standard InChI is InChI=1S/C24H19Cl3N2O2S/c25-14-3-1-4-16(11-14)29-32(30,31)17-8-10-23-21(13-17)18-5-2-6-19(18)24(28-23)20-9-7-15(26)12-22(20)27/h1-5,7-13,18-19,24,28-29H,6H2/t18-,19+,24-/m0/s1. The van der Waals surface area contributed by atoms with Crippen LogP contribution in [0.4, 0.5) is 11.4 Å². The van der Waals surface area contributed by atoms with E-state index < -0.39 is 10.0 Å². The van der Waals surface area contributed by atoms with Crippen LogP contribution in [0.3, 0.4) is 0 Å². The number of benzene rings is 3. The van der Waals surface area contributed by atoms with Crippen molar-refractivity contribution in [2.24, 2.45) is 5.92 Å². The minimum absolute atomic E-state index is 0.000639. The molecule has 3 aromatic carbocycles. The van der Waals surface area contributed by atoms with Gasteiger partial charge in [0.2, 0.25) is 0 Å². The average Bonchev–Trinajstić information content (AvgIpc) is 3.23. The van der Waals surface area contributed by atoms with E-state index in [1.807, 2.05) is 18.2 Å². The fourth-order valence-corrected chi connectivity index (χ4v) is 6.37. The molecule has 2 aliphatic rings. The maximum absolute atomic E-state index is 13.0. The summed E-state index contributed by atoms with van der Waals surface area (Å²) in [5.74, 6) is 0.310. The summed E-state index contributed by atoms with van der Waals surface area (Å²) in [6, 6.07) is 17.4. The molecule has 0 saturated heterocycles. The van der Waals surface area contributed by atoms with E-state index in [4.69, 9.17) is 34.8 Å². The summed E-state index contributed by atoms with van der Waals surface area (Å²) < 4.78 is 28.7. The molecule has 0 saturated carbocycles. The lowest BCUT2D eigenvalue weighted by Crippen LogP contribution is -2.29. The molecule has 32 heavy (non-hydrogen) atoms. The Morgan fingerprint density at radius 1 is 0.906 bits per heavy atom. The quantitative estimate of drug-likeness (QED) is 0.366. The van der Waals surface area contributed by atoms with Crippen LogP contribution in [0, 0.1) is 5.92 Å². The van der Waals surface area contributed by atoms with Crippen molar-refractivity contribution in [1.29, 1.82) is 0 Å². The van der Waals surface area contributed by atoms with Crippen molar-refractivity contribution in [3.63, 3.8) is 0 Å². The van der Waals surface area contributed by atoms with E-state index in [-0.39, 0.29) is 22.8 Å². The Bertz CT molecular complexity index is 1340. The molecule has 0 spiro atoms. The van der Waals surface area contributed by atoms with Crippen LogP contribution in [0.5, 0.6) is 0 Å². The molecule has 3 aromatic rings. The first-order valence-corrected chi connectivity index (χ1v) is 12.7. The molecule has 0 radical (unpaired) electrons. The predicted molar refractivity (Wildman–Crippen MR) is 132 cm³/mol. The highest BCUT2D eigenvalue weighted by atomic mass is 35.5. The van der Waals surface area contributed by atoms with Crippen molar-refractivity contribution in [3.8, 4) is 0 Å². The summed E-state index contributed by atoms with van der Waals surface area (Å²) in [5.41, 5.74) is 3.26. The first kappa shape index (κ1) is 21.7. The molecule has 0 fully saturated rings. The molecular formula is C24H19Cl3N2O2S. The number of allylic oxidation sites excluding steroid dienone is 2. The molecule has 2 N–H and O–H groups in total. The first-order valence-electron chi connectivity index (χ1n) is 10.1. The van der Waals surface area contributed by atoms with E-state index in [1.54, 1.807) is 42.5 Å².